The Morgan fingerprint density at radius 1 is 0.500 bits per heavy atom. The van der Waals surface area contributed by atoms with Gasteiger partial charge in [-0.2, -0.15) is 0 Å². The maximum Gasteiger partial charge on any atom is -0.147 e. The Kier molecular flexibility index (Phi) is 11.6. The van der Waals surface area contributed by atoms with Crippen LogP contribution >= 0.6 is 24.8 Å². The van der Waals surface area contributed by atoms with Crippen LogP contribution in [-0.4, -0.2) is 5.43 Å². The molecule has 0 bridgehead atoms. The van der Waals surface area contributed by atoms with Crippen molar-refractivity contribution in [3.63, 3.8) is 0 Å². The van der Waals surface area contributed by atoms with Crippen LogP contribution in [0.25, 0.3) is 45.6 Å². The molecule has 0 saturated carbocycles. The minimum absolute atomic E-state index is 0. The summed E-state index contributed by atoms with van der Waals surface area (Å²) in [6.07, 6.45) is 5.07. The third kappa shape index (κ3) is 6.66. The molecule has 6 aromatic rings. The molecule has 54 heavy (non-hydrogen) atoms. The summed E-state index contributed by atoms with van der Waals surface area (Å²) in [7, 11) is 0. The zero-order valence-corrected chi connectivity index (χ0v) is 38.1. The Bertz CT molecular complexity index is 2370. The van der Waals surface area contributed by atoms with Crippen LogP contribution in [0, 0.1) is 55.4 Å². The normalized spacial score (nSPS) is 15.5. The summed E-state index contributed by atoms with van der Waals surface area (Å²) in [5.74, 6) is 3.99. The minimum Gasteiger partial charge on any atom is -0.147 e. The molecule has 2 heterocycles. The quantitative estimate of drug-likeness (QED) is 0.156. The molecule has 0 amide bonds. The van der Waals surface area contributed by atoms with Crippen LogP contribution in [0.4, 0.5) is 0 Å². The first-order valence-corrected chi connectivity index (χ1v) is 27.6. The second kappa shape index (κ2) is 15.6. The number of allylic oxidation sites excluding steroid dienone is 2. The van der Waals surface area contributed by atoms with Gasteiger partial charge in [-0.15, -0.1) is 24.8 Å². The summed E-state index contributed by atoms with van der Waals surface area (Å²) in [6, 6.07) is 31.7. The van der Waals surface area contributed by atoms with Gasteiger partial charge in [-0.3, -0.25) is 0 Å². The van der Waals surface area contributed by atoms with Gasteiger partial charge in [0.25, 0.3) is 0 Å². The van der Waals surface area contributed by atoms with Crippen molar-refractivity contribution in [1.29, 1.82) is 0 Å². The minimum atomic E-state index is -2.68. The van der Waals surface area contributed by atoms with Crippen molar-refractivity contribution in [3.05, 3.63) is 164 Å². The first-order chi connectivity index (χ1) is 24.9. The number of furan rings is 2. The smallest absolute Gasteiger partial charge is 0.147 e. The van der Waals surface area contributed by atoms with Gasteiger partial charge in [-0.1, -0.05) is 0 Å². The third-order valence-electron chi connectivity index (χ3n) is 11.8. The predicted octanol–water partition coefficient (Wildman–Crippen LogP) is 14.3. The first kappa shape index (κ1) is 40.3. The van der Waals surface area contributed by atoms with Gasteiger partial charge in [-0.25, -0.2) is 0 Å². The molecule has 2 aliphatic rings. The molecular weight excluding hydrogens is 799 g/mol. The molecule has 0 N–H and O–H groups in total. The summed E-state index contributed by atoms with van der Waals surface area (Å²) in [4.78, 5) is 0. The zero-order valence-electron chi connectivity index (χ0n) is 33.0. The summed E-state index contributed by atoms with van der Waals surface area (Å²) in [5.41, 5.74) is 21.4. The van der Waals surface area contributed by atoms with E-state index in [1.807, 2.05) is 0 Å². The number of aryl methyl sites for hydroxylation is 6. The summed E-state index contributed by atoms with van der Waals surface area (Å²) in [6.45, 7) is 23.1. The van der Waals surface area contributed by atoms with Crippen molar-refractivity contribution < 1.29 is 29.2 Å². The Morgan fingerprint density at radius 2 is 0.889 bits per heavy atom. The average molecular weight is 849 g/mol. The van der Waals surface area contributed by atoms with Crippen LogP contribution in [0.3, 0.4) is 0 Å². The van der Waals surface area contributed by atoms with Crippen LogP contribution < -0.4 is 0 Å². The molecule has 0 fully saturated rings. The van der Waals surface area contributed by atoms with Gasteiger partial charge in [0.2, 0.25) is 0 Å². The van der Waals surface area contributed by atoms with Crippen LogP contribution in [-0.2, 0) is 20.4 Å². The fourth-order valence-corrected chi connectivity index (χ4v) is 28.7. The largest absolute Gasteiger partial charge is 0.147 e. The molecule has 2 aliphatic carbocycles. The molecule has 2 nitrogen and oxygen atoms in total. The van der Waals surface area contributed by atoms with Gasteiger partial charge in [0.1, 0.15) is 0 Å². The summed E-state index contributed by atoms with van der Waals surface area (Å²) >= 11 is -2.68. The number of hydrogen-bond donors (Lipinski definition) is 0. The van der Waals surface area contributed by atoms with E-state index in [1.165, 1.54) is 89.0 Å². The fraction of sp³-hybridized carbons (Fsp3) is 0.250. The topological polar surface area (TPSA) is 26.3 Å². The van der Waals surface area contributed by atoms with Gasteiger partial charge in [-0.05, 0) is 0 Å². The van der Waals surface area contributed by atoms with Gasteiger partial charge in [0, 0.05) is 0 Å². The van der Waals surface area contributed by atoms with Crippen molar-refractivity contribution >= 4 is 53.5 Å². The second-order valence-electron chi connectivity index (χ2n) is 15.4. The Morgan fingerprint density at radius 3 is 1.22 bits per heavy atom. The first-order valence-electron chi connectivity index (χ1n) is 18.6. The molecule has 6 heteroatoms. The maximum atomic E-state index is 6.60. The molecule has 2 atom stereocenters. The van der Waals surface area contributed by atoms with E-state index in [0.717, 1.165) is 23.0 Å². The van der Waals surface area contributed by atoms with Crippen molar-refractivity contribution in [2.24, 2.45) is 0 Å². The number of hydrogen-bond acceptors (Lipinski definition) is 2. The Labute approximate surface area is 341 Å². The van der Waals surface area contributed by atoms with E-state index in [2.05, 4.69) is 166 Å². The summed E-state index contributed by atoms with van der Waals surface area (Å²) < 4.78 is 13.9. The molecule has 2 unspecified atom stereocenters. The van der Waals surface area contributed by atoms with E-state index in [9.17, 15) is 0 Å². The van der Waals surface area contributed by atoms with Gasteiger partial charge >= 0.3 is 320 Å². The van der Waals surface area contributed by atoms with Crippen molar-refractivity contribution in [2.45, 2.75) is 75.7 Å². The SMILES string of the molecule is Cc1ccc(C2=Cc3c(cc(C)c(C)c3-c3ccccc3C)[CH]2[Zr]([CH]2C(c3ccc(C)o3)=Cc3c2cc(C)c(C)c3-c2ccccc2C)=[Si](C)C)o1.Cl.Cl. The van der Waals surface area contributed by atoms with Gasteiger partial charge in [0.15, 0.2) is 0 Å². The van der Waals surface area contributed by atoms with E-state index >= 15 is 0 Å². The van der Waals surface area contributed by atoms with Crippen LogP contribution in [0.2, 0.25) is 13.1 Å². The van der Waals surface area contributed by atoms with Gasteiger partial charge in [0.05, 0.1) is 0 Å². The zero-order chi connectivity index (χ0) is 36.6. The number of rotatable bonds is 6. The molecule has 0 radical (unpaired) electrons. The standard InChI is InChI=1S/2C23H21O.C2H6Si.2ClH.Zr/c2*1-14-7-5-6-8-20(14)23-17(4)15(2)11-18-12-19(13-21(18)23)22-10-9-16(3)24-22;1-3-2;;;/h2*5-13H,1-4H3;1-2H3;2*1H;. The molecule has 4 aromatic carbocycles. The molecule has 276 valence electrons. The van der Waals surface area contributed by atoms with Crippen LogP contribution in [0.5, 0.6) is 0 Å². The Balaban J connectivity index is 0.00000249. The van der Waals surface area contributed by atoms with E-state index < -0.39 is 25.8 Å². The maximum absolute atomic E-state index is 6.60. The van der Waals surface area contributed by atoms with E-state index in [-0.39, 0.29) is 24.8 Å². The third-order valence-corrected chi connectivity index (χ3v) is 31.0. The summed E-state index contributed by atoms with van der Waals surface area (Å²) in [5, 5.41) is 0. The molecule has 0 spiro atoms. The second-order valence-corrected chi connectivity index (χ2v) is 33.2. The molecule has 8 rings (SSSR count). The van der Waals surface area contributed by atoms with E-state index in [4.69, 9.17) is 8.83 Å². The molecule has 0 saturated heterocycles. The van der Waals surface area contributed by atoms with Crippen LogP contribution in [0.1, 0.15) is 85.9 Å². The molecular formula is C48H50Cl2O2SiZr. The number of benzene rings is 4. The molecule has 2 aromatic heterocycles. The Hall–Kier alpha value is -3.40. The number of halogens is 2. The molecule has 0 aliphatic heterocycles. The predicted molar refractivity (Wildman–Crippen MR) is 232 cm³/mol. The van der Waals surface area contributed by atoms with Crippen molar-refractivity contribution in [3.8, 4) is 22.3 Å². The fourth-order valence-electron chi connectivity index (χ4n) is 8.95. The van der Waals surface area contributed by atoms with Crippen molar-refractivity contribution in [2.75, 3.05) is 0 Å². The van der Waals surface area contributed by atoms with Crippen molar-refractivity contribution in [1.82, 2.24) is 0 Å². The van der Waals surface area contributed by atoms with Gasteiger partial charge < -0.3 is 0 Å². The van der Waals surface area contributed by atoms with Crippen LogP contribution in [0.15, 0.2) is 93.8 Å². The average Bonchev–Trinajstić information content (AvgIpc) is 3.90. The van der Waals surface area contributed by atoms with E-state index in [1.54, 1.807) is 0 Å². The van der Waals surface area contributed by atoms with E-state index in [0.29, 0.717) is 7.25 Å². The number of fused-ring (bicyclic) bond motifs is 2. The monoisotopic (exact) mass is 846 g/mol.